The normalized spacial score (nSPS) is 19.8. The molecule has 1 saturated heterocycles. The van der Waals surface area contributed by atoms with E-state index in [2.05, 4.69) is 15.6 Å². The third-order valence-corrected chi connectivity index (χ3v) is 6.32. The molecule has 3 aromatic rings. The first kappa shape index (κ1) is 18.1. The molecule has 1 unspecified atom stereocenters. The fourth-order valence-corrected chi connectivity index (χ4v) is 4.51. The number of hydrogen-bond donors (Lipinski definition) is 2. The van der Waals surface area contributed by atoms with Crippen molar-refractivity contribution in [2.24, 2.45) is 11.3 Å². The van der Waals surface area contributed by atoms with Gasteiger partial charge in [0, 0.05) is 42.2 Å². The quantitative estimate of drug-likeness (QED) is 0.706. The minimum absolute atomic E-state index is 0.165. The van der Waals surface area contributed by atoms with Crippen LogP contribution in [0.1, 0.15) is 24.8 Å². The van der Waals surface area contributed by atoms with Crippen molar-refractivity contribution in [2.75, 3.05) is 13.1 Å². The molecule has 1 atom stereocenters. The van der Waals surface area contributed by atoms with E-state index in [-0.39, 0.29) is 17.2 Å². The van der Waals surface area contributed by atoms with E-state index in [9.17, 15) is 4.79 Å². The summed E-state index contributed by atoms with van der Waals surface area (Å²) in [5.41, 5.74) is 4.13. The molecule has 2 aliphatic rings. The van der Waals surface area contributed by atoms with E-state index in [1.54, 1.807) is 12.4 Å². The van der Waals surface area contributed by atoms with Gasteiger partial charge in [-0.2, -0.15) is 5.10 Å². The fourth-order valence-electron chi connectivity index (χ4n) is 4.51. The summed E-state index contributed by atoms with van der Waals surface area (Å²) in [5.74, 6) is 0.346. The van der Waals surface area contributed by atoms with Crippen molar-refractivity contribution < 1.29 is 4.79 Å². The third kappa shape index (κ3) is 3.56. The van der Waals surface area contributed by atoms with Crippen molar-refractivity contribution in [1.82, 2.24) is 25.4 Å². The number of hydrogen-bond acceptors (Lipinski definition) is 4. The van der Waals surface area contributed by atoms with Gasteiger partial charge in [-0.05, 0) is 62.0 Å². The lowest BCUT2D eigenvalue weighted by atomic mass is 9.92. The molecule has 6 nitrogen and oxygen atoms in total. The van der Waals surface area contributed by atoms with Gasteiger partial charge in [0.1, 0.15) is 0 Å². The Morgan fingerprint density at radius 2 is 1.90 bits per heavy atom. The van der Waals surface area contributed by atoms with Gasteiger partial charge in [0.05, 0.1) is 11.4 Å². The average molecular weight is 387 g/mol. The molecule has 2 fully saturated rings. The first-order chi connectivity index (χ1) is 14.3. The van der Waals surface area contributed by atoms with Crippen LogP contribution in [-0.2, 0) is 11.3 Å². The second kappa shape index (κ2) is 7.44. The fraction of sp³-hybridized carbons (Fsp3) is 0.348. The molecule has 1 amide bonds. The van der Waals surface area contributed by atoms with Gasteiger partial charge >= 0.3 is 0 Å². The zero-order valence-corrected chi connectivity index (χ0v) is 16.3. The van der Waals surface area contributed by atoms with Crippen molar-refractivity contribution in [3.8, 4) is 16.9 Å². The topological polar surface area (TPSA) is 71.8 Å². The molecule has 2 N–H and O–H groups in total. The van der Waals surface area contributed by atoms with Crippen LogP contribution in [-0.4, -0.2) is 33.8 Å². The molecule has 1 spiro atoms. The van der Waals surface area contributed by atoms with Crippen LogP contribution in [0.2, 0.25) is 0 Å². The number of aromatic nitrogens is 3. The Balaban J connectivity index is 1.36. The number of carbonyl (C=O) groups is 1. The van der Waals surface area contributed by atoms with Gasteiger partial charge in [-0.15, -0.1) is 0 Å². The summed E-state index contributed by atoms with van der Waals surface area (Å²) in [6, 6.07) is 13.9. The number of piperidine rings is 1. The smallest absolute Gasteiger partial charge is 0.223 e. The average Bonchev–Trinajstić information content (AvgIpc) is 3.29. The van der Waals surface area contributed by atoms with Crippen molar-refractivity contribution >= 4 is 5.91 Å². The number of nitrogens with one attached hydrogen (secondary N) is 2. The predicted octanol–water partition coefficient (Wildman–Crippen LogP) is 2.94. The molecule has 5 rings (SSSR count). The lowest BCUT2D eigenvalue weighted by molar-refractivity contribution is -0.123. The van der Waals surface area contributed by atoms with Crippen LogP contribution in [0.25, 0.3) is 16.9 Å². The van der Waals surface area contributed by atoms with Crippen LogP contribution in [0.5, 0.6) is 0 Å². The summed E-state index contributed by atoms with van der Waals surface area (Å²) in [5, 5.41) is 11.4. The largest absolute Gasteiger partial charge is 0.352 e. The number of pyridine rings is 1. The van der Waals surface area contributed by atoms with Crippen LogP contribution >= 0.6 is 0 Å². The van der Waals surface area contributed by atoms with Gasteiger partial charge in [0.25, 0.3) is 0 Å². The minimum atomic E-state index is 0.165. The highest BCUT2D eigenvalue weighted by Crippen LogP contribution is 2.58. The number of nitrogens with zero attached hydrogens (tertiary/aromatic N) is 3. The Hall–Kier alpha value is -2.99. The summed E-state index contributed by atoms with van der Waals surface area (Å²) in [4.78, 5) is 16.9. The molecule has 1 aliphatic heterocycles. The number of benzene rings is 1. The predicted molar refractivity (Wildman–Crippen MR) is 111 cm³/mol. The second-order valence-electron chi connectivity index (χ2n) is 8.11. The van der Waals surface area contributed by atoms with Crippen LogP contribution in [0.15, 0.2) is 61.1 Å². The molecule has 148 valence electrons. The zero-order chi connectivity index (χ0) is 19.7. The van der Waals surface area contributed by atoms with Gasteiger partial charge in [-0.3, -0.25) is 9.78 Å². The Morgan fingerprint density at radius 3 is 2.66 bits per heavy atom. The maximum atomic E-state index is 12.8. The molecule has 0 radical (unpaired) electrons. The SMILES string of the molecule is O=C(NCc1cn(-c2ccccc2)nc1-c1ccncc1)C1CC12CCNCC2. The Bertz CT molecular complexity index is 993. The number of carbonyl (C=O) groups excluding carboxylic acids is 1. The monoisotopic (exact) mass is 387 g/mol. The maximum Gasteiger partial charge on any atom is 0.223 e. The van der Waals surface area contributed by atoms with Crippen molar-refractivity contribution in [3.63, 3.8) is 0 Å². The number of para-hydroxylation sites is 1. The summed E-state index contributed by atoms with van der Waals surface area (Å²) < 4.78 is 1.88. The van der Waals surface area contributed by atoms with Crippen LogP contribution in [0.3, 0.4) is 0 Å². The van der Waals surface area contributed by atoms with E-state index in [0.29, 0.717) is 6.54 Å². The summed E-state index contributed by atoms with van der Waals surface area (Å²) in [6.07, 6.45) is 8.80. The van der Waals surface area contributed by atoms with Crippen LogP contribution in [0, 0.1) is 11.3 Å². The molecule has 0 bridgehead atoms. The molecule has 1 saturated carbocycles. The van der Waals surface area contributed by atoms with E-state index in [0.717, 1.165) is 54.9 Å². The molecule has 6 heteroatoms. The maximum absolute atomic E-state index is 12.8. The summed E-state index contributed by atoms with van der Waals surface area (Å²) in [6.45, 7) is 2.54. The van der Waals surface area contributed by atoms with Crippen molar-refractivity contribution in [2.45, 2.75) is 25.8 Å². The van der Waals surface area contributed by atoms with Gasteiger partial charge < -0.3 is 10.6 Å². The van der Waals surface area contributed by atoms with E-state index in [1.165, 1.54) is 0 Å². The molecule has 1 aromatic carbocycles. The molecule has 29 heavy (non-hydrogen) atoms. The zero-order valence-electron chi connectivity index (χ0n) is 16.3. The summed E-state index contributed by atoms with van der Waals surface area (Å²) in [7, 11) is 0. The summed E-state index contributed by atoms with van der Waals surface area (Å²) >= 11 is 0. The first-order valence-electron chi connectivity index (χ1n) is 10.3. The molecule has 2 aromatic heterocycles. The van der Waals surface area contributed by atoms with E-state index in [4.69, 9.17) is 5.10 Å². The van der Waals surface area contributed by atoms with E-state index >= 15 is 0 Å². The van der Waals surface area contributed by atoms with E-state index in [1.807, 2.05) is 53.3 Å². The van der Waals surface area contributed by atoms with Crippen molar-refractivity contribution in [1.29, 1.82) is 0 Å². The van der Waals surface area contributed by atoms with Gasteiger partial charge in [0.2, 0.25) is 5.91 Å². The lowest BCUT2D eigenvalue weighted by Crippen LogP contribution is -2.33. The van der Waals surface area contributed by atoms with Gasteiger partial charge in [-0.1, -0.05) is 18.2 Å². The molecular weight excluding hydrogens is 362 g/mol. The van der Waals surface area contributed by atoms with E-state index < -0.39 is 0 Å². The van der Waals surface area contributed by atoms with Crippen LogP contribution < -0.4 is 10.6 Å². The highest BCUT2D eigenvalue weighted by atomic mass is 16.2. The van der Waals surface area contributed by atoms with Gasteiger partial charge in [0.15, 0.2) is 0 Å². The minimum Gasteiger partial charge on any atom is -0.352 e. The standard InChI is InChI=1S/C23H25N5O/c29-22(20-14-23(20)8-12-25-13-9-23)26-15-18-16-28(19-4-2-1-3-5-19)27-21(18)17-6-10-24-11-7-17/h1-7,10-11,16,20,25H,8-9,12-15H2,(H,26,29). The number of amides is 1. The molecule has 3 heterocycles. The molecule has 1 aliphatic carbocycles. The lowest BCUT2D eigenvalue weighted by Gasteiger charge is -2.23. The molecular formula is C23H25N5O. The number of rotatable bonds is 5. The Labute approximate surface area is 170 Å². The van der Waals surface area contributed by atoms with Crippen LogP contribution in [0.4, 0.5) is 0 Å². The second-order valence-corrected chi connectivity index (χ2v) is 8.11. The van der Waals surface area contributed by atoms with Crippen molar-refractivity contribution in [3.05, 3.63) is 66.6 Å². The van der Waals surface area contributed by atoms with Gasteiger partial charge in [-0.25, -0.2) is 4.68 Å². The Morgan fingerprint density at radius 1 is 1.14 bits per heavy atom. The Kier molecular flexibility index (Phi) is 4.64. The third-order valence-electron chi connectivity index (χ3n) is 6.32. The highest BCUT2D eigenvalue weighted by molar-refractivity contribution is 5.82. The first-order valence-corrected chi connectivity index (χ1v) is 10.3. The highest BCUT2D eigenvalue weighted by Gasteiger charge is 2.57.